The van der Waals surface area contributed by atoms with Crippen LogP contribution >= 0.6 is 0 Å². The van der Waals surface area contributed by atoms with E-state index in [1.165, 1.54) is 6.42 Å². The van der Waals surface area contributed by atoms with Crippen LogP contribution in [-0.2, 0) is 16.1 Å². The summed E-state index contributed by atoms with van der Waals surface area (Å²) in [7, 11) is 1.81. The molecule has 7 heteroatoms. The molecule has 3 fully saturated rings. The van der Waals surface area contributed by atoms with Crippen molar-refractivity contribution in [1.82, 2.24) is 15.1 Å². The molecule has 1 aliphatic carbocycles. The third-order valence-corrected chi connectivity index (χ3v) is 6.06. The Bertz CT molecular complexity index is 721. The van der Waals surface area contributed by atoms with Crippen molar-refractivity contribution in [3.63, 3.8) is 0 Å². The summed E-state index contributed by atoms with van der Waals surface area (Å²) >= 11 is 0. The molecule has 0 bridgehead atoms. The highest BCUT2D eigenvalue weighted by Crippen LogP contribution is 2.27. The van der Waals surface area contributed by atoms with Crippen molar-refractivity contribution in [2.75, 3.05) is 39.8 Å². The van der Waals surface area contributed by atoms with E-state index in [0.29, 0.717) is 32.3 Å². The molecule has 0 spiro atoms. The molecule has 2 saturated heterocycles. The van der Waals surface area contributed by atoms with Crippen LogP contribution in [0.1, 0.15) is 37.7 Å². The predicted octanol–water partition coefficient (Wildman–Crippen LogP) is 2.02. The number of ether oxygens (including phenoxy) is 2. The average molecular weight is 401 g/mol. The van der Waals surface area contributed by atoms with Crippen LogP contribution in [0.15, 0.2) is 29.3 Å². The highest BCUT2D eigenvalue weighted by Gasteiger charge is 2.31. The van der Waals surface area contributed by atoms with E-state index >= 15 is 0 Å². The maximum atomic E-state index is 12.5. The van der Waals surface area contributed by atoms with E-state index < -0.39 is 0 Å². The van der Waals surface area contributed by atoms with Gasteiger partial charge in [0.2, 0.25) is 0 Å². The van der Waals surface area contributed by atoms with E-state index in [1.807, 2.05) is 30.1 Å². The normalized spacial score (nSPS) is 23.1. The topological polar surface area (TPSA) is 66.4 Å². The second-order valence-corrected chi connectivity index (χ2v) is 7.99. The molecule has 1 aromatic rings. The van der Waals surface area contributed by atoms with E-state index in [2.05, 4.69) is 21.3 Å². The van der Waals surface area contributed by atoms with Gasteiger partial charge in [-0.15, -0.1) is 0 Å². The Morgan fingerprint density at radius 2 is 1.90 bits per heavy atom. The molecule has 4 rings (SSSR count). The van der Waals surface area contributed by atoms with Gasteiger partial charge in [0.25, 0.3) is 5.91 Å². The third kappa shape index (κ3) is 4.83. The van der Waals surface area contributed by atoms with Crippen LogP contribution in [0.3, 0.4) is 0 Å². The van der Waals surface area contributed by atoms with Gasteiger partial charge in [-0.2, -0.15) is 0 Å². The van der Waals surface area contributed by atoms with E-state index in [1.54, 1.807) is 0 Å². The van der Waals surface area contributed by atoms with E-state index in [4.69, 9.17) is 9.47 Å². The summed E-state index contributed by atoms with van der Waals surface area (Å²) in [4.78, 5) is 21.1. The first kappa shape index (κ1) is 20.0. The Morgan fingerprint density at radius 3 is 2.55 bits per heavy atom. The molecule has 29 heavy (non-hydrogen) atoms. The number of carbonyl (C=O) groups excluding carboxylic acids is 1. The largest absolute Gasteiger partial charge is 0.490 e. The third-order valence-electron chi connectivity index (χ3n) is 6.06. The second-order valence-electron chi connectivity index (χ2n) is 7.99. The maximum Gasteiger partial charge on any atom is 0.251 e. The quantitative estimate of drug-likeness (QED) is 0.605. The lowest BCUT2D eigenvalue weighted by atomic mass is 9.96. The van der Waals surface area contributed by atoms with Gasteiger partial charge in [-0.1, -0.05) is 18.2 Å². The van der Waals surface area contributed by atoms with Gasteiger partial charge in [-0.05, 0) is 38.2 Å². The summed E-state index contributed by atoms with van der Waals surface area (Å²) in [5.74, 6) is 1.98. The van der Waals surface area contributed by atoms with Crippen LogP contribution in [0.4, 0.5) is 0 Å². The van der Waals surface area contributed by atoms with Crippen molar-refractivity contribution in [2.24, 2.45) is 4.99 Å². The second kappa shape index (κ2) is 9.48. The molecule has 1 atom stereocenters. The molecule has 1 unspecified atom stereocenters. The smallest absolute Gasteiger partial charge is 0.251 e. The van der Waals surface area contributed by atoms with Gasteiger partial charge >= 0.3 is 0 Å². The van der Waals surface area contributed by atoms with Crippen molar-refractivity contribution < 1.29 is 14.3 Å². The Balaban J connectivity index is 1.28. The Morgan fingerprint density at radius 1 is 1.14 bits per heavy atom. The Labute approximate surface area is 173 Å². The highest BCUT2D eigenvalue weighted by molar-refractivity contribution is 5.82. The zero-order chi connectivity index (χ0) is 20.1. The number of nitrogens with one attached hydrogen (secondary N) is 1. The number of para-hydroxylation sites is 1. The fraction of sp³-hybridized carbons (Fsp3) is 0.636. The lowest BCUT2D eigenvalue weighted by molar-refractivity contribution is -0.142. The Hall–Kier alpha value is -2.28. The number of rotatable bonds is 5. The zero-order valence-electron chi connectivity index (χ0n) is 17.3. The van der Waals surface area contributed by atoms with Crippen molar-refractivity contribution in [3.8, 4) is 5.75 Å². The number of amides is 1. The molecule has 1 saturated carbocycles. The van der Waals surface area contributed by atoms with E-state index in [-0.39, 0.29) is 12.0 Å². The first-order valence-corrected chi connectivity index (χ1v) is 10.8. The molecule has 3 aliphatic rings. The number of hydrogen-bond donors (Lipinski definition) is 1. The molecular weight excluding hydrogens is 368 g/mol. The van der Waals surface area contributed by atoms with Crippen LogP contribution in [0.2, 0.25) is 0 Å². The summed E-state index contributed by atoms with van der Waals surface area (Å²) in [5, 5.41) is 3.47. The minimum absolute atomic E-state index is 0.146. The first-order chi connectivity index (χ1) is 14.2. The highest BCUT2D eigenvalue weighted by atomic mass is 16.5. The average Bonchev–Trinajstić information content (AvgIpc) is 3.27. The van der Waals surface area contributed by atoms with Crippen molar-refractivity contribution in [2.45, 2.75) is 50.9 Å². The fourth-order valence-corrected chi connectivity index (χ4v) is 4.05. The molecule has 2 aliphatic heterocycles. The zero-order valence-corrected chi connectivity index (χ0v) is 17.3. The molecule has 1 amide bonds. The Kier molecular flexibility index (Phi) is 6.54. The van der Waals surface area contributed by atoms with Crippen LogP contribution in [0.25, 0.3) is 0 Å². The van der Waals surface area contributed by atoms with Gasteiger partial charge in [0.1, 0.15) is 11.9 Å². The summed E-state index contributed by atoms with van der Waals surface area (Å²) in [6.07, 6.45) is 5.54. The van der Waals surface area contributed by atoms with Crippen molar-refractivity contribution in [3.05, 3.63) is 29.8 Å². The lowest BCUT2D eigenvalue weighted by Crippen LogP contribution is -2.55. The monoisotopic (exact) mass is 400 g/mol. The van der Waals surface area contributed by atoms with Gasteiger partial charge in [0, 0.05) is 51.9 Å². The SMILES string of the molecule is CN=C(NCc1ccccc1OC1CCC1)N1CCN(C(=O)C2CCCO2)CC1. The maximum absolute atomic E-state index is 12.5. The number of hydrogen-bond acceptors (Lipinski definition) is 4. The summed E-state index contributed by atoms with van der Waals surface area (Å²) < 4.78 is 11.7. The van der Waals surface area contributed by atoms with Gasteiger partial charge in [-0.25, -0.2) is 0 Å². The lowest BCUT2D eigenvalue weighted by Gasteiger charge is -2.37. The number of carbonyl (C=O) groups is 1. The number of piperazine rings is 1. The first-order valence-electron chi connectivity index (χ1n) is 10.8. The van der Waals surface area contributed by atoms with Crippen LogP contribution in [0.5, 0.6) is 5.75 Å². The minimum Gasteiger partial charge on any atom is -0.490 e. The van der Waals surface area contributed by atoms with E-state index in [0.717, 1.165) is 56.0 Å². The van der Waals surface area contributed by atoms with Gasteiger partial charge < -0.3 is 24.6 Å². The van der Waals surface area contributed by atoms with Gasteiger partial charge in [-0.3, -0.25) is 9.79 Å². The van der Waals surface area contributed by atoms with Gasteiger partial charge in [0.15, 0.2) is 5.96 Å². The van der Waals surface area contributed by atoms with Crippen molar-refractivity contribution >= 4 is 11.9 Å². The molecule has 0 radical (unpaired) electrons. The van der Waals surface area contributed by atoms with Crippen LogP contribution < -0.4 is 10.1 Å². The molecule has 1 aromatic carbocycles. The number of guanidine groups is 1. The molecule has 0 aromatic heterocycles. The molecular formula is C22H32N4O3. The van der Waals surface area contributed by atoms with Crippen LogP contribution in [-0.4, -0.2) is 73.7 Å². The molecule has 2 heterocycles. The van der Waals surface area contributed by atoms with E-state index in [9.17, 15) is 4.79 Å². The standard InChI is InChI=1S/C22H32N4O3/c1-23-22(24-16-17-6-2-3-9-19(17)29-18-7-4-8-18)26-13-11-25(12-14-26)21(27)20-10-5-15-28-20/h2-3,6,9,18,20H,4-5,7-8,10-16H2,1H3,(H,23,24). The molecule has 1 N–H and O–H groups in total. The fourth-order valence-electron chi connectivity index (χ4n) is 4.05. The summed E-state index contributed by atoms with van der Waals surface area (Å²) in [6.45, 7) is 4.35. The van der Waals surface area contributed by atoms with Crippen molar-refractivity contribution in [1.29, 1.82) is 0 Å². The van der Waals surface area contributed by atoms with Gasteiger partial charge in [0.05, 0.1) is 6.10 Å². The summed E-state index contributed by atoms with van der Waals surface area (Å²) in [5.41, 5.74) is 1.15. The number of benzene rings is 1. The number of nitrogens with zero attached hydrogens (tertiary/aromatic N) is 3. The molecule has 7 nitrogen and oxygen atoms in total. The number of aliphatic imine (C=N–C) groups is 1. The van der Waals surface area contributed by atoms with Crippen LogP contribution in [0, 0.1) is 0 Å². The molecule has 158 valence electrons. The summed E-state index contributed by atoms with van der Waals surface area (Å²) in [6, 6.07) is 8.22. The predicted molar refractivity (Wildman–Crippen MR) is 112 cm³/mol. The minimum atomic E-state index is -0.230.